The molecule has 19 heavy (non-hydrogen) atoms. The summed E-state index contributed by atoms with van der Waals surface area (Å²) >= 11 is 5.46. The number of aliphatic imine (C=N–C) groups is 1. The highest BCUT2D eigenvalue weighted by atomic mass is 79.9. The van der Waals surface area contributed by atoms with Crippen LogP contribution in [0.2, 0.25) is 0 Å². The lowest BCUT2D eigenvalue weighted by Gasteiger charge is -2.32. The second-order valence-corrected chi connectivity index (χ2v) is 7.26. The number of thioether (sulfide) groups is 1. The van der Waals surface area contributed by atoms with Gasteiger partial charge in [0.25, 0.3) is 0 Å². The molecule has 1 aliphatic heterocycles. The summed E-state index contributed by atoms with van der Waals surface area (Å²) in [6.45, 7) is 2.13. The summed E-state index contributed by atoms with van der Waals surface area (Å²) < 4.78 is 1.15. The third-order valence-electron chi connectivity index (χ3n) is 4.10. The van der Waals surface area contributed by atoms with E-state index in [0.717, 1.165) is 21.2 Å². The maximum Gasteiger partial charge on any atom is 0.161 e. The van der Waals surface area contributed by atoms with Gasteiger partial charge in [-0.15, -0.1) is 0 Å². The molecule has 4 heteroatoms. The van der Waals surface area contributed by atoms with E-state index in [2.05, 4.69) is 46.4 Å². The Kier molecular flexibility index (Phi) is 4.18. The maximum atomic E-state index is 4.92. The number of fused-ring (bicyclic) bond motifs is 1. The van der Waals surface area contributed by atoms with Crippen LogP contribution in [0.25, 0.3) is 0 Å². The number of rotatable bonds is 1. The van der Waals surface area contributed by atoms with E-state index in [0.29, 0.717) is 6.04 Å². The van der Waals surface area contributed by atoms with Gasteiger partial charge in [0.2, 0.25) is 0 Å². The van der Waals surface area contributed by atoms with Crippen LogP contribution in [0.15, 0.2) is 27.7 Å². The zero-order valence-electron chi connectivity index (χ0n) is 11.2. The number of benzene rings is 1. The van der Waals surface area contributed by atoms with Crippen molar-refractivity contribution in [3.05, 3.63) is 28.2 Å². The van der Waals surface area contributed by atoms with E-state index in [9.17, 15) is 0 Å². The summed E-state index contributed by atoms with van der Waals surface area (Å²) in [6.07, 6.45) is 5.38. The molecule has 2 nitrogen and oxygen atoms in total. The molecular formula is C15H19BrN2S. The van der Waals surface area contributed by atoms with Crippen molar-refractivity contribution in [2.24, 2.45) is 10.9 Å². The number of nitrogens with zero attached hydrogens (tertiary/aromatic N) is 1. The highest BCUT2D eigenvalue weighted by molar-refractivity contribution is 9.10. The minimum atomic E-state index is 0.560. The minimum absolute atomic E-state index is 0.560. The number of hydrogen-bond donors (Lipinski definition) is 1. The molecule has 0 radical (unpaired) electrons. The Bertz CT molecular complexity index is 501. The fourth-order valence-electron chi connectivity index (χ4n) is 2.85. The van der Waals surface area contributed by atoms with E-state index in [1.165, 1.54) is 37.0 Å². The molecule has 0 saturated heterocycles. The third-order valence-corrected chi connectivity index (χ3v) is 6.03. The van der Waals surface area contributed by atoms with E-state index in [1.807, 2.05) is 11.8 Å². The Morgan fingerprint density at radius 3 is 3.05 bits per heavy atom. The van der Waals surface area contributed by atoms with Crippen molar-refractivity contribution in [3.8, 4) is 0 Å². The molecular weight excluding hydrogens is 320 g/mol. The smallest absolute Gasteiger partial charge is 0.161 e. The van der Waals surface area contributed by atoms with Crippen LogP contribution in [0.1, 0.15) is 31.2 Å². The lowest BCUT2D eigenvalue weighted by atomic mass is 9.86. The Morgan fingerprint density at radius 2 is 2.16 bits per heavy atom. The van der Waals surface area contributed by atoms with Crippen molar-refractivity contribution < 1.29 is 0 Å². The molecule has 0 aromatic heterocycles. The third kappa shape index (κ3) is 3.00. The summed E-state index contributed by atoms with van der Waals surface area (Å²) in [5, 5.41) is 4.61. The quantitative estimate of drug-likeness (QED) is 0.792. The largest absolute Gasteiger partial charge is 0.335 e. The number of anilines is 1. The maximum absolute atomic E-state index is 4.92. The van der Waals surface area contributed by atoms with Gasteiger partial charge in [-0.2, -0.15) is 0 Å². The second kappa shape index (κ2) is 5.88. The zero-order valence-corrected chi connectivity index (χ0v) is 13.6. The molecule has 1 aliphatic carbocycles. The molecule has 1 aromatic carbocycles. The summed E-state index contributed by atoms with van der Waals surface area (Å²) in [5.41, 5.74) is 2.41. The van der Waals surface area contributed by atoms with E-state index < -0.39 is 0 Å². The van der Waals surface area contributed by atoms with Gasteiger partial charge in [0, 0.05) is 15.9 Å². The SMILES string of the molecule is Cc1c(Br)cccc1NC1=NC2CCCCC2CS1. The molecule has 0 amide bonds. The predicted octanol–water partition coefficient (Wildman–Crippen LogP) is 4.83. The van der Waals surface area contributed by atoms with E-state index in [1.54, 1.807) is 0 Å². The number of nitrogens with one attached hydrogen (secondary N) is 1. The van der Waals surface area contributed by atoms with Crippen molar-refractivity contribution >= 4 is 38.5 Å². The first-order chi connectivity index (χ1) is 9.24. The highest BCUT2D eigenvalue weighted by Crippen LogP contribution is 2.35. The summed E-state index contributed by atoms with van der Waals surface area (Å²) in [5.74, 6) is 2.04. The van der Waals surface area contributed by atoms with Crippen molar-refractivity contribution in [3.63, 3.8) is 0 Å². The summed E-state index contributed by atoms with van der Waals surface area (Å²) in [6, 6.07) is 6.82. The number of hydrogen-bond acceptors (Lipinski definition) is 3. The van der Waals surface area contributed by atoms with Gasteiger partial charge in [0.1, 0.15) is 0 Å². The summed E-state index contributed by atoms with van der Waals surface area (Å²) in [7, 11) is 0. The van der Waals surface area contributed by atoms with Crippen LogP contribution in [0, 0.1) is 12.8 Å². The Hall–Kier alpha value is -0.480. The average Bonchev–Trinajstić information content (AvgIpc) is 2.44. The van der Waals surface area contributed by atoms with Crippen LogP contribution >= 0.6 is 27.7 Å². The van der Waals surface area contributed by atoms with Crippen LogP contribution in [0.5, 0.6) is 0 Å². The van der Waals surface area contributed by atoms with Crippen molar-refractivity contribution in [1.29, 1.82) is 0 Å². The van der Waals surface area contributed by atoms with Crippen LogP contribution in [0.4, 0.5) is 5.69 Å². The van der Waals surface area contributed by atoms with Gasteiger partial charge in [-0.3, -0.25) is 4.99 Å². The lowest BCUT2D eigenvalue weighted by molar-refractivity contribution is 0.336. The Labute approximate surface area is 127 Å². The minimum Gasteiger partial charge on any atom is -0.335 e. The van der Waals surface area contributed by atoms with Crippen molar-refractivity contribution in [2.75, 3.05) is 11.1 Å². The van der Waals surface area contributed by atoms with Gasteiger partial charge in [-0.1, -0.05) is 46.6 Å². The molecule has 3 rings (SSSR count). The molecule has 2 unspecified atom stereocenters. The molecule has 0 spiro atoms. The van der Waals surface area contributed by atoms with Crippen LogP contribution in [-0.4, -0.2) is 17.0 Å². The molecule has 1 heterocycles. The van der Waals surface area contributed by atoms with Crippen LogP contribution < -0.4 is 5.32 Å². The fourth-order valence-corrected chi connectivity index (χ4v) is 4.37. The van der Waals surface area contributed by atoms with Crippen LogP contribution in [0.3, 0.4) is 0 Å². The molecule has 1 aromatic rings. The Balaban J connectivity index is 1.76. The molecule has 1 fully saturated rings. The number of amidine groups is 1. The molecule has 2 atom stereocenters. The van der Waals surface area contributed by atoms with Gasteiger partial charge in [0.05, 0.1) is 6.04 Å². The second-order valence-electron chi connectivity index (χ2n) is 5.39. The van der Waals surface area contributed by atoms with Gasteiger partial charge < -0.3 is 5.32 Å². The average molecular weight is 339 g/mol. The van der Waals surface area contributed by atoms with Gasteiger partial charge >= 0.3 is 0 Å². The molecule has 2 aliphatic rings. The standard InChI is InChI=1S/C15H19BrN2S/c1-10-12(16)6-4-8-13(10)17-15-18-14-7-3-2-5-11(14)9-19-15/h4,6,8,11,14H,2-3,5,7,9H2,1H3,(H,17,18). The molecule has 1 saturated carbocycles. The van der Waals surface area contributed by atoms with Gasteiger partial charge in [-0.05, 0) is 43.4 Å². The van der Waals surface area contributed by atoms with Gasteiger partial charge in [0.15, 0.2) is 5.17 Å². The number of halogens is 1. The predicted molar refractivity (Wildman–Crippen MR) is 88.1 cm³/mol. The molecule has 1 N–H and O–H groups in total. The van der Waals surface area contributed by atoms with E-state index in [4.69, 9.17) is 4.99 Å². The van der Waals surface area contributed by atoms with Crippen LogP contribution in [-0.2, 0) is 0 Å². The monoisotopic (exact) mass is 338 g/mol. The highest BCUT2D eigenvalue weighted by Gasteiger charge is 2.29. The Morgan fingerprint density at radius 1 is 1.32 bits per heavy atom. The van der Waals surface area contributed by atoms with E-state index in [-0.39, 0.29) is 0 Å². The summed E-state index contributed by atoms with van der Waals surface area (Å²) in [4.78, 5) is 4.92. The van der Waals surface area contributed by atoms with Crippen molar-refractivity contribution in [1.82, 2.24) is 0 Å². The first kappa shape index (κ1) is 13.5. The first-order valence-electron chi connectivity index (χ1n) is 6.97. The van der Waals surface area contributed by atoms with Crippen molar-refractivity contribution in [2.45, 2.75) is 38.6 Å². The topological polar surface area (TPSA) is 24.4 Å². The van der Waals surface area contributed by atoms with Gasteiger partial charge in [-0.25, -0.2) is 0 Å². The first-order valence-corrected chi connectivity index (χ1v) is 8.74. The molecule has 0 bridgehead atoms. The fraction of sp³-hybridized carbons (Fsp3) is 0.533. The lowest BCUT2D eigenvalue weighted by Crippen LogP contribution is -2.31. The normalized spacial score (nSPS) is 26.5. The zero-order chi connectivity index (χ0) is 13.2. The molecule has 102 valence electrons. The van der Waals surface area contributed by atoms with E-state index >= 15 is 0 Å².